The number of halogens is 1. The highest BCUT2D eigenvalue weighted by molar-refractivity contribution is 6.22. The maximum atomic E-state index is 6.18. The van der Waals surface area contributed by atoms with Crippen molar-refractivity contribution in [1.29, 1.82) is 0 Å². The van der Waals surface area contributed by atoms with Crippen LogP contribution in [0.2, 0.25) is 0 Å². The lowest BCUT2D eigenvalue weighted by molar-refractivity contribution is 1.11. The summed E-state index contributed by atoms with van der Waals surface area (Å²) in [6, 6.07) is 6.25. The van der Waals surface area contributed by atoms with Crippen molar-refractivity contribution in [3.63, 3.8) is 0 Å². The molecule has 3 heteroatoms. The van der Waals surface area contributed by atoms with E-state index in [-0.39, 0.29) is 5.38 Å². The molecular weight excluding hydrogens is 196 g/mol. The van der Waals surface area contributed by atoms with E-state index in [0.29, 0.717) is 0 Å². The lowest BCUT2D eigenvalue weighted by Gasteiger charge is -2.20. The van der Waals surface area contributed by atoms with Gasteiger partial charge in [0.2, 0.25) is 0 Å². The summed E-state index contributed by atoms with van der Waals surface area (Å²) in [6.07, 6.45) is 3.83. The molecule has 2 rings (SSSR count). The molecular formula is C11H13ClN2. The van der Waals surface area contributed by atoms with Crippen molar-refractivity contribution < 1.29 is 0 Å². The topological polar surface area (TPSA) is 15.3 Å². The van der Waals surface area contributed by atoms with Crippen molar-refractivity contribution in [2.24, 2.45) is 0 Å². The Labute approximate surface area is 89.2 Å². The van der Waals surface area contributed by atoms with E-state index < -0.39 is 0 Å². The molecule has 0 bridgehead atoms. The van der Waals surface area contributed by atoms with E-state index in [1.807, 2.05) is 26.4 Å². The molecule has 2 nitrogen and oxygen atoms in total. The van der Waals surface area contributed by atoms with Gasteiger partial charge in [0.1, 0.15) is 0 Å². The van der Waals surface area contributed by atoms with Gasteiger partial charge >= 0.3 is 0 Å². The van der Waals surface area contributed by atoms with Crippen molar-refractivity contribution in [3.8, 4) is 0 Å². The van der Waals surface area contributed by atoms with Crippen LogP contribution in [-0.4, -0.2) is 14.1 Å². The Morgan fingerprint density at radius 3 is 2.86 bits per heavy atom. The first kappa shape index (κ1) is 9.41. The van der Waals surface area contributed by atoms with Gasteiger partial charge in [0.05, 0.1) is 5.38 Å². The molecule has 0 saturated carbocycles. The third kappa shape index (κ3) is 1.58. The first-order chi connectivity index (χ1) is 6.68. The van der Waals surface area contributed by atoms with Crippen LogP contribution in [0.5, 0.6) is 0 Å². The van der Waals surface area contributed by atoms with E-state index in [9.17, 15) is 0 Å². The highest BCUT2D eigenvalue weighted by Crippen LogP contribution is 2.34. The number of nitrogens with zero attached hydrogens (tertiary/aromatic N) is 1. The lowest BCUT2D eigenvalue weighted by Crippen LogP contribution is -2.10. The summed E-state index contributed by atoms with van der Waals surface area (Å²) in [5.41, 5.74) is 3.41. The Morgan fingerprint density at radius 1 is 1.36 bits per heavy atom. The fourth-order valence-electron chi connectivity index (χ4n) is 1.51. The molecule has 0 aliphatic carbocycles. The van der Waals surface area contributed by atoms with E-state index in [0.717, 1.165) is 11.3 Å². The zero-order chi connectivity index (χ0) is 10.1. The predicted molar refractivity (Wildman–Crippen MR) is 62.1 cm³/mol. The van der Waals surface area contributed by atoms with Crippen LogP contribution in [0, 0.1) is 0 Å². The molecule has 74 valence electrons. The maximum absolute atomic E-state index is 6.18. The summed E-state index contributed by atoms with van der Waals surface area (Å²) in [5, 5.41) is 3.15. The summed E-state index contributed by atoms with van der Waals surface area (Å²) in [5.74, 6) is 0. The van der Waals surface area contributed by atoms with Crippen LogP contribution in [-0.2, 0) is 0 Å². The number of anilines is 2. The molecule has 1 aliphatic rings. The van der Waals surface area contributed by atoms with E-state index in [1.54, 1.807) is 0 Å². The summed E-state index contributed by atoms with van der Waals surface area (Å²) >= 11 is 6.18. The summed E-state index contributed by atoms with van der Waals surface area (Å²) in [4.78, 5) is 2.07. The van der Waals surface area contributed by atoms with E-state index in [4.69, 9.17) is 11.6 Å². The Morgan fingerprint density at radius 2 is 2.14 bits per heavy atom. The summed E-state index contributed by atoms with van der Waals surface area (Å²) in [6.45, 7) is 0. The van der Waals surface area contributed by atoms with Gasteiger partial charge in [0.25, 0.3) is 0 Å². The fourth-order valence-corrected chi connectivity index (χ4v) is 1.77. The molecule has 1 unspecified atom stereocenters. The van der Waals surface area contributed by atoms with Crippen LogP contribution in [0.4, 0.5) is 11.4 Å². The highest BCUT2D eigenvalue weighted by atomic mass is 35.5. The third-order valence-electron chi connectivity index (χ3n) is 2.35. The van der Waals surface area contributed by atoms with E-state index in [2.05, 4.69) is 28.4 Å². The molecule has 1 aromatic rings. The Balaban J connectivity index is 2.44. The molecule has 0 aromatic heterocycles. The number of rotatable bonds is 1. The smallest absolute Gasteiger partial charge is 0.0803 e. The average molecular weight is 209 g/mol. The number of hydrogen-bond acceptors (Lipinski definition) is 2. The number of nitrogens with one attached hydrogen (secondary N) is 1. The molecule has 0 saturated heterocycles. The van der Waals surface area contributed by atoms with Gasteiger partial charge in [-0.05, 0) is 36.0 Å². The minimum Gasteiger partial charge on any atom is -0.378 e. The number of fused-ring (bicyclic) bond motifs is 1. The normalized spacial score (nSPS) is 18.6. The summed E-state index contributed by atoms with van der Waals surface area (Å²) in [7, 11) is 4.05. The van der Waals surface area contributed by atoms with E-state index >= 15 is 0 Å². The van der Waals surface area contributed by atoms with Crippen molar-refractivity contribution >= 4 is 23.0 Å². The lowest BCUT2D eigenvalue weighted by atomic mass is 10.1. The third-order valence-corrected chi connectivity index (χ3v) is 2.73. The Kier molecular flexibility index (Phi) is 2.38. The minimum atomic E-state index is -0.0221. The molecule has 14 heavy (non-hydrogen) atoms. The van der Waals surface area contributed by atoms with Gasteiger partial charge in [-0.3, -0.25) is 0 Å². The van der Waals surface area contributed by atoms with Crippen molar-refractivity contribution in [3.05, 3.63) is 36.0 Å². The van der Waals surface area contributed by atoms with E-state index in [1.165, 1.54) is 5.69 Å². The van der Waals surface area contributed by atoms with Crippen LogP contribution in [0.3, 0.4) is 0 Å². The first-order valence-electron chi connectivity index (χ1n) is 4.57. The Bertz CT molecular complexity index is 372. The second kappa shape index (κ2) is 3.54. The zero-order valence-corrected chi connectivity index (χ0v) is 9.05. The van der Waals surface area contributed by atoms with Crippen LogP contribution >= 0.6 is 11.6 Å². The first-order valence-corrected chi connectivity index (χ1v) is 5.00. The number of allylic oxidation sites excluding steroid dienone is 1. The van der Waals surface area contributed by atoms with Gasteiger partial charge in [-0.2, -0.15) is 0 Å². The van der Waals surface area contributed by atoms with Gasteiger partial charge in [-0.25, -0.2) is 0 Å². The van der Waals surface area contributed by atoms with Gasteiger partial charge in [-0.1, -0.05) is 0 Å². The second-order valence-corrected chi connectivity index (χ2v) is 4.04. The number of alkyl halides is 1. The molecule has 1 aromatic carbocycles. The van der Waals surface area contributed by atoms with Crippen molar-refractivity contribution in [2.45, 2.75) is 5.38 Å². The van der Waals surface area contributed by atoms with Gasteiger partial charge in [0.15, 0.2) is 0 Å². The predicted octanol–water partition coefficient (Wildman–Crippen LogP) is 2.97. The molecule has 0 radical (unpaired) electrons. The van der Waals surface area contributed by atoms with Gasteiger partial charge < -0.3 is 10.2 Å². The van der Waals surface area contributed by atoms with Gasteiger partial charge in [-0.15, -0.1) is 11.6 Å². The highest BCUT2D eigenvalue weighted by Gasteiger charge is 2.14. The SMILES string of the molecule is CN(C)c1ccc2c(c1)C(Cl)C=CN2. The molecule has 1 aliphatic heterocycles. The van der Waals surface area contributed by atoms with Crippen LogP contribution in [0.15, 0.2) is 30.5 Å². The van der Waals surface area contributed by atoms with Crippen LogP contribution < -0.4 is 10.2 Å². The largest absolute Gasteiger partial charge is 0.378 e. The summed E-state index contributed by atoms with van der Waals surface area (Å²) < 4.78 is 0. The van der Waals surface area contributed by atoms with Crippen LogP contribution in [0.25, 0.3) is 0 Å². The molecule has 1 heterocycles. The average Bonchev–Trinajstić information content (AvgIpc) is 2.18. The molecule has 0 spiro atoms. The van der Waals surface area contributed by atoms with Crippen molar-refractivity contribution in [1.82, 2.24) is 0 Å². The molecule has 1 N–H and O–H groups in total. The number of benzene rings is 1. The molecule has 0 fully saturated rings. The second-order valence-electron chi connectivity index (χ2n) is 3.57. The standard InChI is InChI=1S/C11H13ClN2/c1-14(2)8-3-4-11-9(7-8)10(12)5-6-13-11/h3-7,10,13H,1-2H3. The Hall–Kier alpha value is -1.15. The fraction of sp³-hybridized carbons (Fsp3) is 0.273. The van der Waals surface area contributed by atoms with Crippen molar-refractivity contribution in [2.75, 3.05) is 24.3 Å². The maximum Gasteiger partial charge on any atom is 0.0803 e. The zero-order valence-electron chi connectivity index (χ0n) is 8.29. The van der Waals surface area contributed by atoms with Crippen LogP contribution in [0.1, 0.15) is 10.9 Å². The number of hydrogen-bond donors (Lipinski definition) is 1. The quantitative estimate of drug-likeness (QED) is 0.714. The molecule has 0 amide bonds. The molecule has 1 atom stereocenters. The monoisotopic (exact) mass is 208 g/mol. The van der Waals surface area contributed by atoms with Gasteiger partial charge in [0, 0.05) is 25.5 Å². The minimum absolute atomic E-state index is 0.0221.